The highest BCUT2D eigenvalue weighted by atomic mass is 28.4. The predicted molar refractivity (Wildman–Crippen MR) is 62.4 cm³/mol. The van der Waals surface area contributed by atoms with Gasteiger partial charge in [0.2, 0.25) is 0 Å². The topological polar surface area (TPSA) is 56.0 Å². The smallest absolute Gasteiger partial charge is 0.377 e. The summed E-state index contributed by atoms with van der Waals surface area (Å²) in [5, 5.41) is 0. The molecule has 0 aliphatic carbocycles. The zero-order valence-electron chi connectivity index (χ0n) is 10.7. The Morgan fingerprint density at radius 3 is 1.88 bits per heavy atom. The molecule has 2 heterocycles. The molecule has 0 radical (unpaired) electrons. The summed E-state index contributed by atoms with van der Waals surface area (Å²) in [4.78, 5) is 2.25. The second-order valence-electron chi connectivity index (χ2n) is 4.21. The van der Waals surface area contributed by atoms with Gasteiger partial charge in [0.05, 0.1) is 13.2 Å². The highest BCUT2D eigenvalue weighted by Crippen LogP contribution is 2.26. The van der Waals surface area contributed by atoms with Crippen molar-refractivity contribution in [2.24, 2.45) is 0 Å². The first-order valence-corrected chi connectivity index (χ1v) is 7.82. The van der Waals surface area contributed by atoms with Crippen molar-refractivity contribution in [3.05, 3.63) is 0 Å². The van der Waals surface area contributed by atoms with E-state index in [4.69, 9.17) is 22.8 Å². The highest BCUT2D eigenvalue weighted by Gasteiger charge is 2.42. The van der Waals surface area contributed by atoms with Gasteiger partial charge in [0.25, 0.3) is 0 Å². The van der Waals surface area contributed by atoms with Crippen LogP contribution in [0.25, 0.3) is 0 Å². The highest BCUT2D eigenvalue weighted by molar-refractivity contribution is 6.60. The number of epoxide rings is 2. The average molecular weight is 263 g/mol. The van der Waals surface area contributed by atoms with Crippen molar-refractivity contribution in [1.29, 1.82) is 0 Å². The fourth-order valence-corrected chi connectivity index (χ4v) is 3.68. The van der Waals surface area contributed by atoms with Crippen LogP contribution in [0.2, 0.25) is 6.04 Å². The van der Waals surface area contributed by atoms with Crippen molar-refractivity contribution in [3.63, 3.8) is 0 Å². The van der Waals surface area contributed by atoms with Gasteiger partial charge in [-0.3, -0.25) is 0 Å². The van der Waals surface area contributed by atoms with Crippen molar-refractivity contribution >= 4 is 8.80 Å². The van der Waals surface area contributed by atoms with E-state index in [-0.39, 0.29) is 12.5 Å². The van der Waals surface area contributed by atoms with Gasteiger partial charge in [0, 0.05) is 33.9 Å². The molecule has 7 heteroatoms. The van der Waals surface area contributed by atoms with Crippen molar-refractivity contribution in [1.82, 2.24) is 4.90 Å². The summed E-state index contributed by atoms with van der Waals surface area (Å²) < 4.78 is 26.7. The summed E-state index contributed by atoms with van der Waals surface area (Å²) >= 11 is 0. The van der Waals surface area contributed by atoms with E-state index < -0.39 is 8.80 Å². The Bertz CT molecular complexity index is 223. The van der Waals surface area contributed by atoms with Gasteiger partial charge in [-0.1, -0.05) is 0 Å². The minimum atomic E-state index is -2.42. The molecule has 17 heavy (non-hydrogen) atoms. The van der Waals surface area contributed by atoms with Crippen LogP contribution in [-0.4, -0.2) is 67.2 Å². The van der Waals surface area contributed by atoms with Crippen molar-refractivity contribution < 1.29 is 22.8 Å². The molecule has 0 amide bonds. The number of ether oxygens (including phenoxy) is 2. The number of hydrogen-bond acceptors (Lipinski definition) is 6. The van der Waals surface area contributed by atoms with Gasteiger partial charge in [-0.2, -0.15) is 0 Å². The first kappa shape index (κ1) is 13.4. The van der Waals surface area contributed by atoms with Crippen LogP contribution in [-0.2, 0) is 22.8 Å². The molecule has 2 saturated heterocycles. The van der Waals surface area contributed by atoms with Crippen LogP contribution in [0.1, 0.15) is 6.42 Å². The molecule has 0 bridgehead atoms. The zero-order valence-corrected chi connectivity index (χ0v) is 11.7. The molecule has 6 nitrogen and oxygen atoms in total. The molecule has 2 atom stereocenters. The fraction of sp³-hybridized carbons (Fsp3) is 1.00. The van der Waals surface area contributed by atoms with Crippen molar-refractivity contribution in [2.45, 2.75) is 24.9 Å². The Hall–Kier alpha value is -0.0231. The Morgan fingerprint density at radius 2 is 1.53 bits per heavy atom. The van der Waals surface area contributed by atoms with Gasteiger partial charge < -0.3 is 22.8 Å². The molecule has 0 aromatic carbocycles. The van der Waals surface area contributed by atoms with Gasteiger partial charge in [0.15, 0.2) is 0 Å². The maximum Gasteiger partial charge on any atom is 0.500 e. The molecule has 2 rings (SSSR count). The molecule has 0 saturated carbocycles. The Labute approximate surface area is 103 Å². The summed E-state index contributed by atoms with van der Waals surface area (Å²) in [5.74, 6) is 0. The lowest BCUT2D eigenvalue weighted by Gasteiger charge is -2.25. The minimum Gasteiger partial charge on any atom is -0.377 e. The summed E-state index contributed by atoms with van der Waals surface area (Å²) in [6.07, 6.45) is 1.47. The number of nitrogens with zero attached hydrogens (tertiary/aromatic N) is 1. The second-order valence-corrected chi connectivity index (χ2v) is 7.30. The second kappa shape index (κ2) is 5.74. The van der Waals surface area contributed by atoms with Gasteiger partial charge >= 0.3 is 8.80 Å². The SMILES string of the molecule is CO[Si](CCCN(C1CO1)C1CO1)(OC)OC. The maximum atomic E-state index is 5.38. The maximum absolute atomic E-state index is 5.38. The van der Waals surface area contributed by atoms with E-state index in [0.717, 1.165) is 32.2 Å². The fourth-order valence-electron chi connectivity index (χ4n) is 1.98. The molecule has 2 unspecified atom stereocenters. The van der Waals surface area contributed by atoms with Crippen molar-refractivity contribution in [3.8, 4) is 0 Å². The monoisotopic (exact) mass is 263 g/mol. The Balaban J connectivity index is 1.73. The quantitative estimate of drug-likeness (QED) is 0.440. The van der Waals surface area contributed by atoms with Crippen LogP contribution in [0.15, 0.2) is 0 Å². The first-order valence-electron chi connectivity index (χ1n) is 5.89. The molecular formula is C10H21NO5Si. The Kier molecular flexibility index (Phi) is 4.53. The summed E-state index contributed by atoms with van der Waals surface area (Å²) in [7, 11) is 2.51. The van der Waals surface area contributed by atoms with E-state index in [2.05, 4.69) is 4.90 Å². The molecule has 0 aromatic rings. The third-order valence-corrected chi connectivity index (χ3v) is 6.04. The van der Waals surface area contributed by atoms with E-state index >= 15 is 0 Å². The predicted octanol–water partition coefficient (Wildman–Crippen LogP) is 0.269. The molecular weight excluding hydrogens is 242 g/mol. The molecule has 2 aliphatic heterocycles. The van der Waals surface area contributed by atoms with E-state index in [1.54, 1.807) is 21.3 Å². The lowest BCUT2D eigenvalue weighted by atomic mass is 10.4. The molecule has 0 N–H and O–H groups in total. The van der Waals surface area contributed by atoms with E-state index in [0.29, 0.717) is 0 Å². The molecule has 0 aromatic heterocycles. The summed E-state index contributed by atoms with van der Waals surface area (Å²) in [5.41, 5.74) is 0. The van der Waals surface area contributed by atoms with Gasteiger partial charge in [-0.15, -0.1) is 0 Å². The normalized spacial score (nSPS) is 27.5. The zero-order chi connectivity index (χ0) is 12.3. The van der Waals surface area contributed by atoms with Crippen LogP contribution in [0.4, 0.5) is 0 Å². The third-order valence-electron chi connectivity index (χ3n) is 3.20. The van der Waals surface area contributed by atoms with Gasteiger partial charge in [0.1, 0.15) is 12.5 Å². The summed E-state index contributed by atoms with van der Waals surface area (Å²) in [6.45, 7) is 2.57. The number of rotatable bonds is 9. The van der Waals surface area contributed by atoms with E-state index in [1.165, 1.54) is 0 Å². The average Bonchev–Trinajstić information content (AvgIpc) is 3.23. The van der Waals surface area contributed by atoms with Crippen LogP contribution >= 0.6 is 0 Å². The molecule has 0 spiro atoms. The van der Waals surface area contributed by atoms with Crippen LogP contribution < -0.4 is 0 Å². The lowest BCUT2D eigenvalue weighted by molar-refractivity contribution is 0.102. The van der Waals surface area contributed by atoms with Crippen LogP contribution in [0.5, 0.6) is 0 Å². The minimum absolute atomic E-state index is 0.256. The van der Waals surface area contributed by atoms with Gasteiger partial charge in [-0.25, -0.2) is 4.90 Å². The summed E-state index contributed by atoms with van der Waals surface area (Å²) in [6, 6.07) is 0.812. The standard InChI is InChI=1S/C10H21NO5Si/c1-12-17(13-2,14-3)6-4-5-11(9-7-15-9)10-8-16-10/h9-10H,4-8H2,1-3H3. The third kappa shape index (κ3) is 3.47. The van der Waals surface area contributed by atoms with Crippen LogP contribution in [0, 0.1) is 0 Å². The Morgan fingerprint density at radius 1 is 1.06 bits per heavy atom. The number of hydrogen-bond donors (Lipinski definition) is 0. The first-order chi connectivity index (χ1) is 8.24. The molecule has 100 valence electrons. The molecule has 2 fully saturated rings. The lowest BCUT2D eigenvalue weighted by Crippen LogP contribution is -2.43. The van der Waals surface area contributed by atoms with Crippen molar-refractivity contribution in [2.75, 3.05) is 41.1 Å². The van der Waals surface area contributed by atoms with E-state index in [1.807, 2.05) is 0 Å². The largest absolute Gasteiger partial charge is 0.500 e. The van der Waals surface area contributed by atoms with E-state index in [9.17, 15) is 0 Å². The molecule has 2 aliphatic rings. The van der Waals surface area contributed by atoms with Gasteiger partial charge in [-0.05, 0) is 6.42 Å². The van der Waals surface area contributed by atoms with Crippen LogP contribution in [0.3, 0.4) is 0 Å².